The molecule has 0 radical (unpaired) electrons. The van der Waals surface area contributed by atoms with E-state index >= 15 is 0 Å². The highest BCUT2D eigenvalue weighted by Crippen LogP contribution is 2.17. The van der Waals surface area contributed by atoms with Gasteiger partial charge in [-0.1, -0.05) is 32.1 Å². The van der Waals surface area contributed by atoms with E-state index < -0.39 is 0 Å². The maximum Gasteiger partial charge on any atom is 0.315 e. The molecule has 0 aromatic rings. The number of hydrogen-bond acceptors (Lipinski definition) is 3. The second-order valence-electron chi connectivity index (χ2n) is 7.28. The van der Waals surface area contributed by atoms with E-state index in [0.717, 1.165) is 39.1 Å². The van der Waals surface area contributed by atoms with Crippen molar-refractivity contribution >= 4 is 6.03 Å². The molecule has 2 aliphatic rings. The molecule has 0 aromatic heterocycles. The Morgan fingerprint density at radius 3 is 2.32 bits per heavy atom. The van der Waals surface area contributed by atoms with Gasteiger partial charge in [0, 0.05) is 31.2 Å². The highest BCUT2D eigenvalue weighted by molar-refractivity contribution is 5.74. The molecule has 2 fully saturated rings. The number of rotatable bonds is 4. The molecule has 0 aromatic carbocycles. The number of carbonyl (C=O) groups is 1. The van der Waals surface area contributed by atoms with E-state index in [2.05, 4.69) is 29.4 Å². The van der Waals surface area contributed by atoms with Crippen LogP contribution in [0.2, 0.25) is 0 Å². The summed E-state index contributed by atoms with van der Waals surface area (Å²) < 4.78 is 5.40. The minimum atomic E-state index is -0.0257. The first-order valence-corrected chi connectivity index (χ1v) is 8.95. The Hall–Kier alpha value is -0.810. The van der Waals surface area contributed by atoms with Crippen LogP contribution in [-0.2, 0) is 4.74 Å². The molecule has 128 valence electrons. The summed E-state index contributed by atoms with van der Waals surface area (Å²) >= 11 is 0. The zero-order chi connectivity index (χ0) is 15.8. The van der Waals surface area contributed by atoms with Crippen LogP contribution in [0.25, 0.3) is 0 Å². The van der Waals surface area contributed by atoms with Gasteiger partial charge in [0.1, 0.15) is 0 Å². The quantitative estimate of drug-likeness (QED) is 0.839. The summed E-state index contributed by atoms with van der Waals surface area (Å²) in [5.41, 5.74) is -0.0257. The Morgan fingerprint density at radius 1 is 1.09 bits per heavy atom. The molecule has 2 rings (SSSR count). The molecule has 1 aliphatic carbocycles. The molecule has 2 amide bonds. The van der Waals surface area contributed by atoms with E-state index in [1.165, 1.54) is 32.1 Å². The SMILES string of the molecule is CC(C)(CNC(=O)NC1CCCCCCC1)N1CCOCC1. The third-order valence-electron chi connectivity index (χ3n) is 4.99. The van der Waals surface area contributed by atoms with Crippen molar-refractivity contribution in [3.05, 3.63) is 0 Å². The molecule has 22 heavy (non-hydrogen) atoms. The molecule has 0 unspecified atom stereocenters. The lowest BCUT2D eigenvalue weighted by Crippen LogP contribution is -2.56. The summed E-state index contributed by atoms with van der Waals surface area (Å²) in [5.74, 6) is 0. The van der Waals surface area contributed by atoms with Crippen LogP contribution < -0.4 is 10.6 Å². The first kappa shape index (κ1) is 17.5. The third-order valence-corrected chi connectivity index (χ3v) is 4.99. The lowest BCUT2D eigenvalue weighted by atomic mass is 9.97. The third kappa shape index (κ3) is 5.76. The fourth-order valence-corrected chi connectivity index (χ4v) is 3.41. The maximum absolute atomic E-state index is 12.2. The second-order valence-corrected chi connectivity index (χ2v) is 7.28. The van der Waals surface area contributed by atoms with Crippen molar-refractivity contribution in [2.24, 2.45) is 0 Å². The maximum atomic E-state index is 12.2. The van der Waals surface area contributed by atoms with Crippen LogP contribution in [0.15, 0.2) is 0 Å². The Labute approximate surface area is 135 Å². The van der Waals surface area contributed by atoms with Crippen molar-refractivity contribution < 1.29 is 9.53 Å². The molecule has 0 atom stereocenters. The van der Waals surface area contributed by atoms with Gasteiger partial charge >= 0.3 is 6.03 Å². The number of amides is 2. The number of hydrogen-bond donors (Lipinski definition) is 2. The van der Waals surface area contributed by atoms with E-state index in [0.29, 0.717) is 12.6 Å². The van der Waals surface area contributed by atoms with Crippen LogP contribution in [0.3, 0.4) is 0 Å². The Balaban J connectivity index is 1.71. The minimum Gasteiger partial charge on any atom is -0.379 e. The van der Waals surface area contributed by atoms with Crippen molar-refractivity contribution in [2.45, 2.75) is 70.4 Å². The first-order chi connectivity index (χ1) is 10.6. The van der Waals surface area contributed by atoms with Crippen molar-refractivity contribution in [1.29, 1.82) is 0 Å². The number of nitrogens with one attached hydrogen (secondary N) is 2. The van der Waals surface area contributed by atoms with E-state index in [1.54, 1.807) is 0 Å². The van der Waals surface area contributed by atoms with Crippen LogP contribution in [0, 0.1) is 0 Å². The van der Waals surface area contributed by atoms with Gasteiger partial charge in [0.05, 0.1) is 13.2 Å². The first-order valence-electron chi connectivity index (χ1n) is 8.95. The number of nitrogens with zero attached hydrogens (tertiary/aromatic N) is 1. The van der Waals surface area contributed by atoms with Crippen LogP contribution in [0.4, 0.5) is 4.79 Å². The van der Waals surface area contributed by atoms with Crippen LogP contribution in [-0.4, -0.2) is 55.4 Å². The molecule has 2 N–H and O–H groups in total. The normalized spacial score (nSPS) is 22.6. The standard InChI is InChI=1S/C17H33N3O2/c1-17(2,20-10-12-22-13-11-20)14-18-16(21)19-15-8-6-4-3-5-7-9-15/h15H,3-14H2,1-2H3,(H2,18,19,21). The van der Waals surface area contributed by atoms with Gasteiger partial charge in [-0.25, -0.2) is 4.79 Å². The van der Waals surface area contributed by atoms with Crippen molar-refractivity contribution in [1.82, 2.24) is 15.5 Å². The molecule has 1 aliphatic heterocycles. The van der Waals surface area contributed by atoms with E-state index in [4.69, 9.17) is 4.74 Å². The van der Waals surface area contributed by atoms with E-state index in [1.807, 2.05) is 0 Å². The Bertz CT molecular complexity index is 333. The predicted molar refractivity (Wildman–Crippen MR) is 89.1 cm³/mol. The Kier molecular flexibility index (Phi) is 6.96. The van der Waals surface area contributed by atoms with Gasteiger partial charge in [-0.15, -0.1) is 0 Å². The predicted octanol–water partition coefficient (Wildman–Crippen LogP) is 2.51. The molecule has 5 heteroatoms. The molecule has 0 bridgehead atoms. The molecule has 1 saturated carbocycles. The largest absolute Gasteiger partial charge is 0.379 e. The van der Waals surface area contributed by atoms with Crippen LogP contribution >= 0.6 is 0 Å². The van der Waals surface area contributed by atoms with Gasteiger partial charge in [0.25, 0.3) is 0 Å². The van der Waals surface area contributed by atoms with Crippen LogP contribution in [0.5, 0.6) is 0 Å². The molecule has 5 nitrogen and oxygen atoms in total. The van der Waals surface area contributed by atoms with Gasteiger partial charge in [0.2, 0.25) is 0 Å². The summed E-state index contributed by atoms with van der Waals surface area (Å²) in [7, 11) is 0. The summed E-state index contributed by atoms with van der Waals surface area (Å²) in [6.07, 6.45) is 8.70. The van der Waals surface area contributed by atoms with Gasteiger partial charge in [-0.3, -0.25) is 4.90 Å². The monoisotopic (exact) mass is 311 g/mol. The van der Waals surface area contributed by atoms with Crippen molar-refractivity contribution in [3.63, 3.8) is 0 Å². The second kappa shape index (κ2) is 8.73. The fraction of sp³-hybridized carbons (Fsp3) is 0.941. The number of morpholine rings is 1. The highest BCUT2D eigenvalue weighted by atomic mass is 16.5. The molecule has 0 spiro atoms. The van der Waals surface area contributed by atoms with E-state index in [-0.39, 0.29) is 11.6 Å². The lowest BCUT2D eigenvalue weighted by Gasteiger charge is -2.40. The van der Waals surface area contributed by atoms with Crippen molar-refractivity contribution in [2.75, 3.05) is 32.8 Å². The minimum absolute atomic E-state index is 0.00749. The van der Waals surface area contributed by atoms with Gasteiger partial charge in [0.15, 0.2) is 0 Å². The van der Waals surface area contributed by atoms with Crippen molar-refractivity contribution in [3.8, 4) is 0 Å². The fourth-order valence-electron chi connectivity index (χ4n) is 3.41. The molecule has 1 heterocycles. The average molecular weight is 311 g/mol. The summed E-state index contributed by atoms with van der Waals surface area (Å²) in [6, 6.07) is 0.346. The molecular weight excluding hydrogens is 278 g/mol. The molecule has 1 saturated heterocycles. The zero-order valence-corrected chi connectivity index (χ0v) is 14.3. The lowest BCUT2D eigenvalue weighted by molar-refractivity contribution is -0.00877. The summed E-state index contributed by atoms with van der Waals surface area (Å²) in [6.45, 7) is 8.52. The number of ether oxygens (including phenoxy) is 1. The zero-order valence-electron chi connectivity index (χ0n) is 14.3. The van der Waals surface area contributed by atoms with Gasteiger partial charge in [-0.05, 0) is 26.7 Å². The summed E-state index contributed by atoms with van der Waals surface area (Å²) in [5, 5.41) is 6.24. The topological polar surface area (TPSA) is 53.6 Å². The average Bonchev–Trinajstić information content (AvgIpc) is 2.49. The number of carbonyl (C=O) groups excluding carboxylic acids is 1. The van der Waals surface area contributed by atoms with Gasteiger partial charge in [-0.2, -0.15) is 0 Å². The number of urea groups is 1. The highest BCUT2D eigenvalue weighted by Gasteiger charge is 2.28. The van der Waals surface area contributed by atoms with Crippen LogP contribution in [0.1, 0.15) is 58.8 Å². The smallest absolute Gasteiger partial charge is 0.315 e. The van der Waals surface area contributed by atoms with Gasteiger partial charge < -0.3 is 15.4 Å². The Morgan fingerprint density at radius 2 is 1.68 bits per heavy atom. The van der Waals surface area contributed by atoms with E-state index in [9.17, 15) is 4.79 Å². The molecular formula is C17H33N3O2. The summed E-state index contributed by atoms with van der Waals surface area (Å²) in [4.78, 5) is 14.6.